The molecule has 0 spiro atoms. The summed E-state index contributed by atoms with van der Waals surface area (Å²) in [5.41, 5.74) is 4.62. The Morgan fingerprint density at radius 1 is 1.00 bits per heavy atom. The van der Waals surface area contributed by atoms with Crippen molar-refractivity contribution < 1.29 is 9.59 Å². The minimum Gasteiger partial charge on any atom is -0.325 e. The highest BCUT2D eigenvalue weighted by molar-refractivity contribution is 8.00. The number of anilines is 2. The van der Waals surface area contributed by atoms with Crippen LogP contribution in [-0.4, -0.2) is 17.6 Å². The quantitative estimate of drug-likeness (QED) is 0.657. The third-order valence-electron chi connectivity index (χ3n) is 4.95. The van der Waals surface area contributed by atoms with Gasteiger partial charge < -0.3 is 5.32 Å². The van der Waals surface area contributed by atoms with Gasteiger partial charge >= 0.3 is 0 Å². The predicted octanol–water partition coefficient (Wildman–Crippen LogP) is 4.95. The topological polar surface area (TPSA) is 49.4 Å². The van der Waals surface area contributed by atoms with Gasteiger partial charge in [0, 0.05) is 16.9 Å². The molecule has 3 aromatic carbocycles. The molecule has 0 aromatic heterocycles. The average molecular weight is 403 g/mol. The molecular formula is C24H22N2O2S. The summed E-state index contributed by atoms with van der Waals surface area (Å²) >= 11 is 1.59. The third-order valence-corrected chi connectivity index (χ3v) is 6.15. The second-order valence-corrected chi connectivity index (χ2v) is 8.08. The van der Waals surface area contributed by atoms with Gasteiger partial charge in [0.15, 0.2) is 0 Å². The number of aryl methyl sites for hydroxylation is 1. The zero-order valence-electron chi connectivity index (χ0n) is 16.2. The lowest BCUT2D eigenvalue weighted by Gasteiger charge is -2.27. The highest BCUT2D eigenvalue weighted by Crippen LogP contribution is 2.44. The summed E-state index contributed by atoms with van der Waals surface area (Å²) in [6.45, 7) is 2.01. The fourth-order valence-electron chi connectivity index (χ4n) is 3.55. The summed E-state index contributed by atoms with van der Waals surface area (Å²) < 4.78 is 0. The molecular weight excluding hydrogens is 380 g/mol. The van der Waals surface area contributed by atoms with E-state index in [-0.39, 0.29) is 17.2 Å². The minimum absolute atomic E-state index is 0.0691. The first-order chi connectivity index (χ1) is 14.1. The van der Waals surface area contributed by atoms with Crippen LogP contribution in [0.5, 0.6) is 0 Å². The maximum atomic E-state index is 12.7. The minimum atomic E-state index is -0.170. The van der Waals surface area contributed by atoms with Crippen LogP contribution in [-0.2, 0) is 16.0 Å². The zero-order valence-corrected chi connectivity index (χ0v) is 17.0. The lowest BCUT2D eigenvalue weighted by atomic mass is 10.1. The molecule has 1 saturated heterocycles. The van der Waals surface area contributed by atoms with E-state index in [2.05, 4.69) is 5.32 Å². The molecule has 1 fully saturated rings. The molecule has 4 rings (SSSR count). The lowest BCUT2D eigenvalue weighted by Crippen LogP contribution is -2.29. The van der Waals surface area contributed by atoms with Gasteiger partial charge in [0.25, 0.3) is 0 Å². The van der Waals surface area contributed by atoms with E-state index in [1.807, 2.05) is 90.7 Å². The summed E-state index contributed by atoms with van der Waals surface area (Å²) in [5.74, 6) is 0.436. The van der Waals surface area contributed by atoms with Crippen LogP contribution in [0.15, 0.2) is 78.9 Å². The summed E-state index contributed by atoms with van der Waals surface area (Å²) in [6, 6.07) is 25.3. The van der Waals surface area contributed by atoms with Crippen molar-refractivity contribution in [3.05, 3.63) is 95.6 Å². The highest BCUT2D eigenvalue weighted by Gasteiger charge is 2.36. The van der Waals surface area contributed by atoms with Crippen LogP contribution in [0.1, 0.15) is 22.1 Å². The lowest BCUT2D eigenvalue weighted by molar-refractivity contribution is -0.116. The first kappa shape index (κ1) is 19.3. The van der Waals surface area contributed by atoms with Gasteiger partial charge in [-0.2, -0.15) is 0 Å². The van der Waals surface area contributed by atoms with E-state index in [0.29, 0.717) is 12.2 Å². The maximum absolute atomic E-state index is 12.7. The van der Waals surface area contributed by atoms with Crippen LogP contribution in [0.3, 0.4) is 0 Å². The Morgan fingerprint density at radius 2 is 1.69 bits per heavy atom. The molecule has 2 amide bonds. The number of rotatable bonds is 5. The normalized spacial score (nSPS) is 16.1. The van der Waals surface area contributed by atoms with Gasteiger partial charge in [0.05, 0.1) is 12.2 Å². The van der Waals surface area contributed by atoms with Crippen LogP contribution < -0.4 is 10.2 Å². The van der Waals surface area contributed by atoms with E-state index < -0.39 is 0 Å². The SMILES string of the molecule is Cc1ccccc1N1C(=O)CSC1c1ccccc1NC(=O)Cc1ccccc1. The Kier molecular flexibility index (Phi) is 5.67. The second-order valence-electron chi connectivity index (χ2n) is 7.01. The first-order valence-electron chi connectivity index (χ1n) is 9.55. The van der Waals surface area contributed by atoms with Crippen molar-refractivity contribution >= 4 is 35.0 Å². The van der Waals surface area contributed by atoms with Crippen molar-refractivity contribution in [2.75, 3.05) is 16.0 Å². The number of hydrogen-bond donors (Lipinski definition) is 1. The fourth-order valence-corrected chi connectivity index (χ4v) is 4.75. The molecule has 1 N–H and O–H groups in total. The number of thioether (sulfide) groups is 1. The number of amides is 2. The van der Waals surface area contributed by atoms with Crippen LogP contribution in [0.2, 0.25) is 0 Å². The number of carbonyl (C=O) groups is 2. The number of nitrogens with zero attached hydrogens (tertiary/aromatic N) is 1. The van der Waals surface area contributed by atoms with E-state index in [0.717, 1.165) is 28.1 Å². The number of benzene rings is 3. The molecule has 0 aliphatic carbocycles. The van der Waals surface area contributed by atoms with Crippen molar-refractivity contribution in [3.63, 3.8) is 0 Å². The van der Waals surface area contributed by atoms with E-state index in [4.69, 9.17) is 0 Å². The van der Waals surface area contributed by atoms with Crippen molar-refractivity contribution in [2.45, 2.75) is 18.7 Å². The van der Waals surface area contributed by atoms with Gasteiger partial charge in [-0.15, -0.1) is 11.8 Å². The number of nitrogens with one attached hydrogen (secondary N) is 1. The summed E-state index contributed by atoms with van der Waals surface area (Å²) in [6.07, 6.45) is 0.313. The molecule has 1 unspecified atom stereocenters. The molecule has 146 valence electrons. The monoisotopic (exact) mass is 402 g/mol. The largest absolute Gasteiger partial charge is 0.325 e. The van der Waals surface area contributed by atoms with Gasteiger partial charge in [0.2, 0.25) is 11.8 Å². The van der Waals surface area contributed by atoms with Gasteiger partial charge in [-0.25, -0.2) is 0 Å². The van der Waals surface area contributed by atoms with E-state index >= 15 is 0 Å². The van der Waals surface area contributed by atoms with Crippen molar-refractivity contribution in [1.29, 1.82) is 0 Å². The Morgan fingerprint density at radius 3 is 2.48 bits per heavy atom. The molecule has 1 heterocycles. The van der Waals surface area contributed by atoms with Crippen LogP contribution >= 0.6 is 11.8 Å². The molecule has 1 atom stereocenters. The Labute approximate surface area is 174 Å². The van der Waals surface area contributed by atoms with Crippen LogP contribution in [0, 0.1) is 6.92 Å². The van der Waals surface area contributed by atoms with Crippen molar-refractivity contribution in [2.24, 2.45) is 0 Å². The predicted molar refractivity (Wildman–Crippen MR) is 119 cm³/mol. The molecule has 4 nitrogen and oxygen atoms in total. The van der Waals surface area contributed by atoms with Crippen LogP contribution in [0.4, 0.5) is 11.4 Å². The molecule has 5 heteroatoms. The molecule has 29 heavy (non-hydrogen) atoms. The first-order valence-corrected chi connectivity index (χ1v) is 10.6. The Balaban J connectivity index is 1.61. The standard InChI is InChI=1S/C24H22N2O2S/c1-17-9-5-8-14-21(17)26-23(28)16-29-24(26)19-12-6-7-13-20(19)25-22(27)15-18-10-3-2-4-11-18/h2-14,24H,15-16H2,1H3,(H,25,27). The van der Waals surface area contributed by atoms with Crippen LogP contribution in [0.25, 0.3) is 0 Å². The Hall–Kier alpha value is -3.05. The molecule has 1 aliphatic heterocycles. The number of hydrogen-bond acceptors (Lipinski definition) is 3. The van der Waals surface area contributed by atoms with Gasteiger partial charge in [0.1, 0.15) is 5.37 Å². The smallest absolute Gasteiger partial charge is 0.238 e. The third kappa shape index (κ3) is 4.20. The zero-order chi connectivity index (χ0) is 20.2. The summed E-state index contributed by atoms with van der Waals surface area (Å²) in [4.78, 5) is 27.2. The van der Waals surface area contributed by atoms with E-state index in [1.165, 1.54) is 0 Å². The second kappa shape index (κ2) is 8.53. The Bertz CT molecular complexity index is 1040. The van der Waals surface area contributed by atoms with Crippen molar-refractivity contribution in [3.8, 4) is 0 Å². The average Bonchev–Trinajstić information content (AvgIpc) is 3.10. The van der Waals surface area contributed by atoms with E-state index in [9.17, 15) is 9.59 Å². The van der Waals surface area contributed by atoms with Gasteiger partial charge in [-0.1, -0.05) is 66.7 Å². The molecule has 3 aromatic rings. The molecule has 0 bridgehead atoms. The number of para-hydroxylation sites is 2. The van der Waals surface area contributed by atoms with Crippen molar-refractivity contribution in [1.82, 2.24) is 0 Å². The molecule has 0 radical (unpaired) electrons. The molecule has 0 saturated carbocycles. The number of carbonyl (C=O) groups excluding carboxylic acids is 2. The summed E-state index contributed by atoms with van der Waals surface area (Å²) in [7, 11) is 0. The van der Waals surface area contributed by atoms with Gasteiger partial charge in [-0.3, -0.25) is 14.5 Å². The molecule has 1 aliphatic rings. The highest BCUT2D eigenvalue weighted by atomic mass is 32.2. The fraction of sp³-hybridized carbons (Fsp3) is 0.167. The maximum Gasteiger partial charge on any atom is 0.238 e. The van der Waals surface area contributed by atoms with E-state index in [1.54, 1.807) is 11.8 Å². The van der Waals surface area contributed by atoms with Gasteiger partial charge in [-0.05, 0) is 30.2 Å². The summed E-state index contributed by atoms with van der Waals surface area (Å²) in [5, 5.41) is 2.88.